The lowest BCUT2D eigenvalue weighted by molar-refractivity contribution is -0.120. The molecule has 3 N–H and O–H groups in total. The molecule has 3 rings (SSSR count). The molecule has 9 heteroatoms. The van der Waals surface area contributed by atoms with Gasteiger partial charge in [-0.2, -0.15) is 10.4 Å². The average Bonchev–Trinajstić information content (AvgIpc) is 3.19. The number of hydrogen-bond donors (Lipinski definition) is 2. The fourth-order valence-electron chi connectivity index (χ4n) is 3.02. The molecule has 2 aromatic heterocycles. The maximum absolute atomic E-state index is 13.1. The normalized spacial score (nSPS) is 10.7. The second kappa shape index (κ2) is 8.56. The summed E-state index contributed by atoms with van der Waals surface area (Å²) < 4.78 is 19.6. The molecule has 0 aliphatic rings. The Bertz CT molecular complexity index is 1040. The first kappa shape index (κ1) is 20.1. The molecule has 0 radical (unpaired) electrons. The third kappa shape index (κ3) is 4.43. The largest absolute Gasteiger partial charge is 0.382 e. The van der Waals surface area contributed by atoms with Crippen LogP contribution in [-0.4, -0.2) is 27.4 Å². The fraction of sp³-hybridized carbons (Fsp3) is 0.300. The van der Waals surface area contributed by atoms with Crippen LogP contribution in [0.5, 0.6) is 0 Å². The Morgan fingerprint density at radius 2 is 2.07 bits per heavy atom. The van der Waals surface area contributed by atoms with Crippen LogP contribution in [-0.2, 0) is 17.6 Å². The number of hydrogen-bond acceptors (Lipinski definition) is 6. The number of carbonyl (C=O) groups excluding carboxylic acids is 1. The van der Waals surface area contributed by atoms with Gasteiger partial charge in [0.05, 0.1) is 23.5 Å². The van der Waals surface area contributed by atoms with Gasteiger partial charge >= 0.3 is 0 Å². The second-order valence-electron chi connectivity index (χ2n) is 6.64. The molecule has 1 amide bonds. The summed E-state index contributed by atoms with van der Waals surface area (Å²) in [5.74, 6) is 0.346. The summed E-state index contributed by atoms with van der Waals surface area (Å²) in [6, 6.07) is 7.76. The van der Waals surface area contributed by atoms with E-state index in [4.69, 9.17) is 10.3 Å². The number of nitrogen functional groups attached to an aromatic ring is 1. The zero-order chi connectivity index (χ0) is 21.0. The minimum absolute atomic E-state index is 0.128. The van der Waals surface area contributed by atoms with Gasteiger partial charge in [-0.15, -0.1) is 0 Å². The molecule has 150 valence electrons. The molecular formula is C20H21FN6O2. The number of rotatable bonds is 7. The van der Waals surface area contributed by atoms with Gasteiger partial charge in [-0.05, 0) is 51.0 Å². The van der Waals surface area contributed by atoms with Crippen molar-refractivity contribution in [2.45, 2.75) is 33.1 Å². The predicted molar refractivity (Wildman–Crippen MR) is 104 cm³/mol. The highest BCUT2D eigenvalue weighted by atomic mass is 19.1. The van der Waals surface area contributed by atoms with Crippen LogP contribution in [0.3, 0.4) is 0 Å². The summed E-state index contributed by atoms with van der Waals surface area (Å²) >= 11 is 0. The molecule has 1 aromatic carbocycles. The van der Waals surface area contributed by atoms with Gasteiger partial charge < -0.3 is 15.6 Å². The Morgan fingerprint density at radius 1 is 1.34 bits per heavy atom. The van der Waals surface area contributed by atoms with Crippen molar-refractivity contribution >= 4 is 11.7 Å². The van der Waals surface area contributed by atoms with E-state index < -0.39 is 0 Å². The number of aryl methyl sites for hydroxylation is 3. The van der Waals surface area contributed by atoms with E-state index in [0.717, 1.165) is 5.56 Å². The highest BCUT2D eigenvalue weighted by molar-refractivity contribution is 5.78. The molecule has 0 spiro atoms. The second-order valence-corrected chi connectivity index (χ2v) is 6.64. The Balaban J connectivity index is 1.59. The van der Waals surface area contributed by atoms with Gasteiger partial charge in [-0.1, -0.05) is 5.16 Å². The van der Waals surface area contributed by atoms with Gasteiger partial charge in [0.15, 0.2) is 0 Å². The molecule has 0 fully saturated rings. The Labute approximate surface area is 167 Å². The summed E-state index contributed by atoms with van der Waals surface area (Å²) in [6.07, 6.45) is 1.26. The standard InChI is InChI=1S/C20H21FN6O2/c1-12-16(13(2)29-26-12)10-19(28)24-9-3-4-18-17(11-22)20(23)27(25-18)15-7-5-14(21)6-8-15/h5-8H,3-4,9-10,23H2,1-2H3,(H,24,28). The maximum Gasteiger partial charge on any atom is 0.224 e. The first-order valence-electron chi connectivity index (χ1n) is 9.12. The van der Waals surface area contributed by atoms with Crippen molar-refractivity contribution in [1.29, 1.82) is 5.26 Å². The average molecular weight is 396 g/mol. The summed E-state index contributed by atoms with van der Waals surface area (Å²) in [7, 11) is 0. The maximum atomic E-state index is 13.1. The molecule has 2 heterocycles. The van der Waals surface area contributed by atoms with Crippen LogP contribution in [0.1, 0.15) is 34.7 Å². The van der Waals surface area contributed by atoms with E-state index in [-0.39, 0.29) is 29.5 Å². The molecule has 0 atom stereocenters. The lowest BCUT2D eigenvalue weighted by Crippen LogP contribution is -2.26. The Morgan fingerprint density at radius 3 is 2.69 bits per heavy atom. The first-order chi connectivity index (χ1) is 13.9. The Kier molecular flexibility index (Phi) is 5.93. The number of nitriles is 1. The van der Waals surface area contributed by atoms with Crippen LogP contribution in [0.25, 0.3) is 5.69 Å². The van der Waals surface area contributed by atoms with Gasteiger partial charge in [0.1, 0.15) is 29.0 Å². The van der Waals surface area contributed by atoms with Crippen LogP contribution < -0.4 is 11.1 Å². The number of nitrogens with zero attached hydrogens (tertiary/aromatic N) is 4. The van der Waals surface area contributed by atoms with E-state index in [0.29, 0.717) is 42.2 Å². The quantitative estimate of drug-likeness (QED) is 0.591. The van der Waals surface area contributed by atoms with E-state index in [1.54, 1.807) is 26.0 Å². The summed E-state index contributed by atoms with van der Waals surface area (Å²) in [5, 5.41) is 20.5. The Hall–Kier alpha value is -3.67. The number of amides is 1. The molecule has 0 saturated carbocycles. The summed E-state index contributed by atoms with van der Waals surface area (Å²) in [6.45, 7) is 3.99. The SMILES string of the molecule is Cc1noc(C)c1CC(=O)NCCCc1nn(-c2ccc(F)cc2)c(N)c1C#N. The number of nitrogens with two attached hydrogens (primary N) is 1. The first-order valence-corrected chi connectivity index (χ1v) is 9.12. The number of anilines is 1. The molecule has 0 unspecified atom stereocenters. The molecule has 0 aliphatic carbocycles. The molecule has 8 nitrogen and oxygen atoms in total. The van der Waals surface area contributed by atoms with Crippen molar-refractivity contribution in [1.82, 2.24) is 20.3 Å². The molecule has 0 bridgehead atoms. The number of halogens is 1. The molecular weight excluding hydrogens is 375 g/mol. The number of carbonyl (C=O) groups is 1. The highest BCUT2D eigenvalue weighted by Gasteiger charge is 2.17. The van der Waals surface area contributed by atoms with E-state index >= 15 is 0 Å². The zero-order valence-electron chi connectivity index (χ0n) is 16.2. The molecule has 3 aromatic rings. The third-order valence-electron chi connectivity index (χ3n) is 4.61. The van der Waals surface area contributed by atoms with Gasteiger partial charge in [0, 0.05) is 12.1 Å². The highest BCUT2D eigenvalue weighted by Crippen LogP contribution is 2.21. The lowest BCUT2D eigenvalue weighted by atomic mass is 10.1. The van der Waals surface area contributed by atoms with Gasteiger partial charge in [-0.25, -0.2) is 9.07 Å². The fourth-order valence-corrected chi connectivity index (χ4v) is 3.02. The molecule has 0 saturated heterocycles. The topological polar surface area (TPSA) is 123 Å². The van der Waals surface area contributed by atoms with Crippen LogP contribution in [0.4, 0.5) is 10.2 Å². The van der Waals surface area contributed by atoms with Gasteiger partial charge in [-0.3, -0.25) is 4.79 Å². The van der Waals surface area contributed by atoms with Crippen LogP contribution in [0.2, 0.25) is 0 Å². The van der Waals surface area contributed by atoms with Crippen molar-refractivity contribution in [3.05, 3.63) is 58.4 Å². The predicted octanol–water partition coefficient (Wildman–Crippen LogP) is 2.36. The lowest BCUT2D eigenvalue weighted by Gasteiger charge is -2.04. The van der Waals surface area contributed by atoms with E-state index in [1.807, 2.05) is 0 Å². The summed E-state index contributed by atoms with van der Waals surface area (Å²) in [4.78, 5) is 12.1. The monoisotopic (exact) mass is 396 g/mol. The van der Waals surface area contributed by atoms with Crippen LogP contribution >= 0.6 is 0 Å². The van der Waals surface area contributed by atoms with E-state index in [2.05, 4.69) is 21.6 Å². The minimum Gasteiger partial charge on any atom is -0.382 e. The minimum atomic E-state index is -0.368. The van der Waals surface area contributed by atoms with Crippen LogP contribution in [0.15, 0.2) is 28.8 Å². The summed E-state index contributed by atoms with van der Waals surface area (Å²) in [5.41, 5.74) is 8.93. The van der Waals surface area contributed by atoms with Crippen molar-refractivity contribution in [2.75, 3.05) is 12.3 Å². The number of nitrogens with one attached hydrogen (secondary N) is 1. The molecule has 29 heavy (non-hydrogen) atoms. The third-order valence-corrected chi connectivity index (χ3v) is 4.61. The number of benzene rings is 1. The van der Waals surface area contributed by atoms with E-state index in [1.165, 1.54) is 16.8 Å². The van der Waals surface area contributed by atoms with Gasteiger partial charge in [0.2, 0.25) is 5.91 Å². The smallest absolute Gasteiger partial charge is 0.224 e. The zero-order valence-corrected chi connectivity index (χ0v) is 16.2. The van der Waals surface area contributed by atoms with Gasteiger partial charge in [0.25, 0.3) is 0 Å². The van der Waals surface area contributed by atoms with Crippen molar-refractivity contribution in [3.8, 4) is 11.8 Å². The van der Waals surface area contributed by atoms with E-state index in [9.17, 15) is 14.4 Å². The molecule has 0 aliphatic heterocycles. The van der Waals surface area contributed by atoms with Crippen molar-refractivity contribution in [2.24, 2.45) is 0 Å². The van der Waals surface area contributed by atoms with Crippen molar-refractivity contribution < 1.29 is 13.7 Å². The van der Waals surface area contributed by atoms with Crippen molar-refractivity contribution in [3.63, 3.8) is 0 Å². The van der Waals surface area contributed by atoms with Crippen LogP contribution in [0, 0.1) is 31.0 Å². The number of aromatic nitrogens is 3.